The maximum atomic E-state index is 13.9. The van der Waals surface area contributed by atoms with Gasteiger partial charge in [0.2, 0.25) is 0 Å². The summed E-state index contributed by atoms with van der Waals surface area (Å²) in [4.78, 5) is 41.1. The monoisotopic (exact) mass is 709 g/mol. The average molecular weight is 710 g/mol. The van der Waals surface area contributed by atoms with E-state index in [2.05, 4.69) is 10.6 Å². The molecule has 49 heavy (non-hydrogen) atoms. The highest BCUT2D eigenvalue weighted by atomic mass is 32.1. The number of anilines is 2. The van der Waals surface area contributed by atoms with Gasteiger partial charge < -0.3 is 25.4 Å². The summed E-state index contributed by atoms with van der Waals surface area (Å²) in [6, 6.07) is 9.15. The summed E-state index contributed by atoms with van der Waals surface area (Å²) in [6.07, 6.45) is -8.47. The summed E-state index contributed by atoms with van der Waals surface area (Å²) >= 11 is 0.563. The van der Waals surface area contributed by atoms with Crippen molar-refractivity contribution >= 4 is 50.5 Å². The molecule has 3 aromatic carbocycles. The smallest absolute Gasteiger partial charge is 0.419 e. The molecule has 1 aromatic heterocycles. The molecule has 258 valence electrons. The van der Waals surface area contributed by atoms with Crippen LogP contribution in [0, 0.1) is 5.82 Å². The first-order valence-corrected chi connectivity index (χ1v) is 15.6. The summed E-state index contributed by atoms with van der Waals surface area (Å²) in [5, 5.41) is 15.1. The number of rotatable bonds is 7. The van der Waals surface area contributed by atoms with Crippen molar-refractivity contribution in [3.63, 3.8) is 0 Å². The van der Waals surface area contributed by atoms with E-state index in [1.807, 2.05) is 0 Å². The molecule has 0 bridgehead atoms. The van der Waals surface area contributed by atoms with Crippen LogP contribution in [0.2, 0.25) is 0 Å². The minimum absolute atomic E-state index is 0.00317. The lowest BCUT2D eigenvalue weighted by Crippen LogP contribution is -2.38. The molecule has 3 N–H and O–H groups in total. The van der Waals surface area contributed by atoms with E-state index in [1.54, 1.807) is 11.0 Å². The van der Waals surface area contributed by atoms with Crippen LogP contribution in [0.15, 0.2) is 54.6 Å². The number of nitrogens with zero attached hydrogens (tertiary/aromatic N) is 1. The van der Waals surface area contributed by atoms with E-state index in [4.69, 9.17) is 4.74 Å². The Balaban J connectivity index is 1.33. The zero-order chi connectivity index (χ0) is 35.5. The normalized spacial score (nSPS) is 17.2. The first-order valence-electron chi connectivity index (χ1n) is 14.8. The van der Waals surface area contributed by atoms with Crippen molar-refractivity contribution < 1.29 is 55.0 Å². The molecule has 8 nitrogen and oxygen atoms in total. The van der Waals surface area contributed by atoms with Crippen molar-refractivity contribution in [2.24, 2.45) is 0 Å². The highest BCUT2D eigenvalue weighted by Gasteiger charge is 2.51. The highest BCUT2D eigenvalue weighted by molar-refractivity contribution is 7.21. The number of amides is 3. The molecule has 6 rings (SSSR count). The predicted octanol–water partition coefficient (Wildman–Crippen LogP) is 7.43. The fourth-order valence-electron chi connectivity index (χ4n) is 5.75. The van der Waals surface area contributed by atoms with Gasteiger partial charge in [0, 0.05) is 34.8 Å². The molecule has 1 saturated heterocycles. The van der Waals surface area contributed by atoms with Gasteiger partial charge in [-0.05, 0) is 67.3 Å². The largest absolute Gasteiger partial charge is 0.496 e. The molecular weight excluding hydrogens is 683 g/mol. The van der Waals surface area contributed by atoms with Crippen molar-refractivity contribution in [2.75, 3.05) is 30.8 Å². The van der Waals surface area contributed by atoms with Crippen molar-refractivity contribution in [1.29, 1.82) is 0 Å². The fourth-order valence-corrected chi connectivity index (χ4v) is 6.84. The van der Waals surface area contributed by atoms with Crippen LogP contribution in [0.3, 0.4) is 0 Å². The number of nitrogens with one attached hydrogen (secondary N) is 2. The van der Waals surface area contributed by atoms with Crippen molar-refractivity contribution in [1.82, 2.24) is 4.90 Å². The van der Waals surface area contributed by atoms with Gasteiger partial charge in [-0.25, -0.2) is 4.39 Å². The lowest BCUT2D eigenvalue weighted by Gasteiger charge is -2.20. The predicted molar refractivity (Wildman–Crippen MR) is 165 cm³/mol. The van der Waals surface area contributed by atoms with Gasteiger partial charge in [0.15, 0.2) is 0 Å². The van der Waals surface area contributed by atoms with Gasteiger partial charge in [-0.1, -0.05) is 12.1 Å². The molecule has 4 aromatic rings. The van der Waals surface area contributed by atoms with Gasteiger partial charge >= 0.3 is 12.4 Å². The number of hydrogen-bond acceptors (Lipinski definition) is 6. The lowest BCUT2D eigenvalue weighted by atomic mass is 9.96. The number of methoxy groups -OCH3 is 1. The second-order valence-corrected chi connectivity index (χ2v) is 12.9. The topological polar surface area (TPSA) is 108 Å². The Labute approximate surface area is 277 Å². The van der Waals surface area contributed by atoms with Crippen LogP contribution in [0.25, 0.3) is 10.1 Å². The number of fused-ring (bicyclic) bond motifs is 1. The Kier molecular flexibility index (Phi) is 8.59. The van der Waals surface area contributed by atoms with Gasteiger partial charge in [-0.2, -0.15) is 26.3 Å². The number of halogens is 7. The number of hydrogen-bond donors (Lipinski definition) is 3. The number of alkyl halides is 6. The van der Waals surface area contributed by atoms with Crippen molar-refractivity contribution in [3.8, 4) is 5.75 Å². The Morgan fingerprint density at radius 3 is 2.33 bits per heavy atom. The van der Waals surface area contributed by atoms with Crippen LogP contribution in [0.5, 0.6) is 5.75 Å². The third kappa shape index (κ3) is 6.79. The standard InChI is InChI=1S/C33H26F7N3O5S/c1-48-24-7-2-16(17-8-11-43(15-17)30(46)31(47)9-10-31)12-21(24)28(44)42-26-20-5-3-18(32(35,36)37)13-25(20)49-27(26)29(45)41-19-4-6-23(34)22(14-19)33(38,39)40/h2-7,12-14,17,47H,8-11,15H2,1H3,(H,41,45)(H,42,44). The molecule has 1 atom stereocenters. The van der Waals surface area contributed by atoms with Crippen LogP contribution in [-0.4, -0.2) is 53.5 Å². The molecule has 1 aliphatic heterocycles. The van der Waals surface area contributed by atoms with Crippen LogP contribution >= 0.6 is 11.3 Å². The first-order chi connectivity index (χ1) is 23.0. The molecule has 0 radical (unpaired) electrons. The summed E-state index contributed by atoms with van der Waals surface area (Å²) in [5.74, 6) is -3.88. The Morgan fingerprint density at radius 1 is 0.939 bits per heavy atom. The van der Waals surface area contributed by atoms with Crippen LogP contribution < -0.4 is 15.4 Å². The zero-order valence-electron chi connectivity index (χ0n) is 25.4. The van der Waals surface area contributed by atoms with E-state index < -0.39 is 52.4 Å². The SMILES string of the molecule is COc1ccc(C2CCN(C(=O)C3(O)CC3)C2)cc1C(=O)Nc1c(C(=O)Nc2ccc(F)c(C(F)(F)F)c2)sc2cc(C(F)(F)F)ccc12. The van der Waals surface area contributed by atoms with E-state index >= 15 is 0 Å². The number of thiophene rings is 1. The third-order valence-electron chi connectivity index (χ3n) is 8.53. The van der Waals surface area contributed by atoms with Crippen LogP contribution in [-0.2, 0) is 17.1 Å². The zero-order valence-corrected chi connectivity index (χ0v) is 26.2. The summed E-state index contributed by atoms with van der Waals surface area (Å²) in [7, 11) is 1.31. The van der Waals surface area contributed by atoms with Crippen molar-refractivity contribution in [2.45, 2.75) is 43.1 Å². The molecule has 2 aliphatic rings. The average Bonchev–Trinajstić information content (AvgIpc) is 3.45. The maximum absolute atomic E-state index is 13.9. The number of likely N-dealkylation sites (tertiary alicyclic amines) is 1. The van der Waals surface area contributed by atoms with Crippen LogP contribution in [0.4, 0.5) is 42.1 Å². The third-order valence-corrected chi connectivity index (χ3v) is 9.68. The summed E-state index contributed by atoms with van der Waals surface area (Å²) < 4.78 is 99.7. The van der Waals surface area contributed by atoms with E-state index in [1.165, 1.54) is 19.2 Å². The minimum Gasteiger partial charge on any atom is -0.496 e. The number of benzene rings is 3. The molecule has 3 amide bonds. The molecule has 2 heterocycles. The van der Waals surface area contributed by atoms with E-state index in [0.717, 1.165) is 24.3 Å². The Bertz CT molecular complexity index is 1990. The van der Waals surface area contributed by atoms with E-state index in [9.17, 15) is 50.2 Å². The molecule has 16 heteroatoms. The minimum atomic E-state index is -5.08. The highest BCUT2D eigenvalue weighted by Crippen LogP contribution is 2.42. The molecule has 1 saturated carbocycles. The van der Waals surface area contributed by atoms with Gasteiger partial charge in [0.05, 0.1) is 29.5 Å². The summed E-state index contributed by atoms with van der Waals surface area (Å²) in [5.41, 5.74) is -4.00. The summed E-state index contributed by atoms with van der Waals surface area (Å²) in [6.45, 7) is 0.701. The second kappa shape index (κ2) is 12.3. The first kappa shape index (κ1) is 34.2. The molecule has 1 aliphatic carbocycles. The lowest BCUT2D eigenvalue weighted by molar-refractivity contribution is -0.141. The number of ether oxygens (including phenoxy) is 1. The van der Waals surface area contributed by atoms with E-state index in [-0.39, 0.29) is 43.8 Å². The van der Waals surface area contributed by atoms with Crippen molar-refractivity contribution in [3.05, 3.63) is 87.5 Å². The molecular formula is C33H26F7N3O5S. The van der Waals surface area contributed by atoms with Gasteiger partial charge in [0.1, 0.15) is 22.0 Å². The maximum Gasteiger partial charge on any atom is 0.419 e. The number of carbonyl (C=O) groups is 3. The second-order valence-electron chi connectivity index (χ2n) is 11.8. The quantitative estimate of drug-likeness (QED) is 0.173. The van der Waals surface area contributed by atoms with E-state index in [0.29, 0.717) is 61.4 Å². The van der Waals surface area contributed by atoms with Crippen LogP contribution in [0.1, 0.15) is 61.9 Å². The van der Waals surface area contributed by atoms with Gasteiger partial charge in [-0.15, -0.1) is 11.3 Å². The number of carbonyl (C=O) groups excluding carboxylic acids is 3. The number of aliphatic hydroxyl groups is 1. The molecule has 2 fully saturated rings. The molecule has 0 spiro atoms. The Hall–Kier alpha value is -4.70. The van der Waals surface area contributed by atoms with Gasteiger partial charge in [-0.3, -0.25) is 14.4 Å². The van der Waals surface area contributed by atoms with Gasteiger partial charge in [0.25, 0.3) is 17.7 Å². The fraction of sp³-hybridized carbons (Fsp3) is 0.303. The molecule has 1 unspecified atom stereocenters. The Morgan fingerprint density at radius 2 is 1.67 bits per heavy atom.